The minimum Gasteiger partial charge on any atom is -0.467 e. The number of carbonyl (C=O) groups is 2. The number of nitro groups is 1. The van der Waals surface area contributed by atoms with Gasteiger partial charge in [0.1, 0.15) is 11.6 Å². The molecule has 13 heteroatoms. The second-order valence-electron chi connectivity index (χ2n) is 7.09. The summed E-state index contributed by atoms with van der Waals surface area (Å²) in [5.41, 5.74) is -1.22. The van der Waals surface area contributed by atoms with Crippen molar-refractivity contribution >= 4 is 46.9 Å². The van der Waals surface area contributed by atoms with E-state index in [9.17, 15) is 19.7 Å². The fraction of sp³-hybridized carbons (Fsp3) is 0.625. The van der Waals surface area contributed by atoms with E-state index >= 15 is 0 Å². The number of esters is 1. The topological polar surface area (TPSA) is 128 Å². The lowest BCUT2D eigenvalue weighted by atomic mass is 10.1. The van der Waals surface area contributed by atoms with Crippen LogP contribution in [0.2, 0.25) is 5.15 Å². The van der Waals surface area contributed by atoms with Crippen LogP contribution in [0.4, 0.5) is 16.3 Å². The van der Waals surface area contributed by atoms with Crippen LogP contribution in [0.15, 0.2) is 5.16 Å². The number of thioether (sulfide) groups is 1. The van der Waals surface area contributed by atoms with Crippen molar-refractivity contribution in [1.29, 1.82) is 0 Å². The predicted octanol–water partition coefficient (Wildman–Crippen LogP) is 2.36. The zero-order chi connectivity index (χ0) is 21.9. The maximum Gasteiger partial charge on any atom is 0.410 e. The van der Waals surface area contributed by atoms with E-state index < -0.39 is 34.3 Å². The van der Waals surface area contributed by atoms with E-state index in [0.29, 0.717) is 0 Å². The molecule has 1 aliphatic rings. The van der Waals surface area contributed by atoms with Gasteiger partial charge in [-0.1, -0.05) is 23.4 Å². The first-order valence-corrected chi connectivity index (χ1v) is 10.2. The number of hydrogen-bond donors (Lipinski definition) is 0. The van der Waals surface area contributed by atoms with Crippen LogP contribution in [0, 0.1) is 10.1 Å². The molecule has 0 bridgehead atoms. The average Bonchev–Trinajstić information content (AvgIpc) is 2.64. The molecule has 29 heavy (non-hydrogen) atoms. The molecule has 0 N–H and O–H groups in total. The van der Waals surface area contributed by atoms with Crippen molar-refractivity contribution < 1.29 is 24.0 Å². The maximum atomic E-state index is 12.4. The van der Waals surface area contributed by atoms with Crippen LogP contribution in [0.1, 0.15) is 20.8 Å². The third-order valence-corrected chi connectivity index (χ3v) is 4.76. The smallest absolute Gasteiger partial charge is 0.410 e. The van der Waals surface area contributed by atoms with E-state index in [1.807, 2.05) is 0 Å². The molecule has 160 valence electrons. The molecule has 1 fully saturated rings. The lowest BCUT2D eigenvalue weighted by Crippen LogP contribution is -2.59. The Balaban J connectivity index is 2.43. The summed E-state index contributed by atoms with van der Waals surface area (Å²) < 4.78 is 10.2. The summed E-state index contributed by atoms with van der Waals surface area (Å²) in [5, 5.41) is 11.5. The standard InChI is InChI=1S/C16H22ClN5O6S/c1-16(2,3)28-15(24)20-6-7-21(9(8-20)13(23)27-4)12-10(22(25)26)11(17)18-14(19-12)29-5/h9H,6-8H2,1-5H3. The third-order valence-electron chi connectivity index (χ3n) is 3.95. The highest BCUT2D eigenvalue weighted by Gasteiger charge is 2.41. The molecule has 0 radical (unpaired) electrons. The fourth-order valence-corrected chi connectivity index (χ4v) is 3.36. The zero-order valence-electron chi connectivity index (χ0n) is 16.7. The monoisotopic (exact) mass is 447 g/mol. The number of methoxy groups -OCH3 is 1. The Morgan fingerprint density at radius 1 is 1.31 bits per heavy atom. The number of anilines is 1. The molecule has 1 aromatic rings. The van der Waals surface area contributed by atoms with E-state index in [0.717, 1.165) is 11.8 Å². The predicted molar refractivity (Wildman–Crippen MR) is 106 cm³/mol. The van der Waals surface area contributed by atoms with Gasteiger partial charge in [0, 0.05) is 13.1 Å². The van der Waals surface area contributed by atoms with Crippen molar-refractivity contribution in [3.63, 3.8) is 0 Å². The van der Waals surface area contributed by atoms with Crippen molar-refractivity contribution in [3.8, 4) is 0 Å². The molecule has 0 aromatic carbocycles. The zero-order valence-corrected chi connectivity index (χ0v) is 18.2. The van der Waals surface area contributed by atoms with Gasteiger partial charge in [0.05, 0.1) is 18.6 Å². The minimum atomic E-state index is -1.03. The van der Waals surface area contributed by atoms with Gasteiger partial charge in [-0.2, -0.15) is 4.98 Å². The molecule has 1 amide bonds. The molecule has 1 atom stereocenters. The molecular weight excluding hydrogens is 426 g/mol. The highest BCUT2D eigenvalue weighted by Crippen LogP contribution is 2.36. The average molecular weight is 448 g/mol. The summed E-state index contributed by atoms with van der Waals surface area (Å²) in [6.45, 7) is 5.35. The van der Waals surface area contributed by atoms with Gasteiger partial charge < -0.3 is 19.3 Å². The Morgan fingerprint density at radius 2 is 1.97 bits per heavy atom. The Labute approximate surface area is 176 Å². The van der Waals surface area contributed by atoms with Crippen LogP contribution in [-0.2, 0) is 14.3 Å². The Bertz CT molecular complexity index is 818. The van der Waals surface area contributed by atoms with Gasteiger partial charge in [-0.25, -0.2) is 14.6 Å². The fourth-order valence-electron chi connectivity index (χ4n) is 2.71. The number of piperazine rings is 1. The molecule has 11 nitrogen and oxygen atoms in total. The first kappa shape index (κ1) is 22.9. The highest BCUT2D eigenvalue weighted by molar-refractivity contribution is 7.98. The summed E-state index contributed by atoms with van der Waals surface area (Å²) in [4.78, 5) is 46.6. The number of amides is 1. The van der Waals surface area contributed by atoms with Crippen molar-refractivity contribution in [2.45, 2.75) is 37.6 Å². The van der Waals surface area contributed by atoms with Crippen LogP contribution in [0.5, 0.6) is 0 Å². The molecule has 2 rings (SSSR count). The van der Waals surface area contributed by atoms with Crippen LogP contribution >= 0.6 is 23.4 Å². The normalized spacial score (nSPS) is 17.1. The summed E-state index contributed by atoms with van der Waals surface area (Å²) >= 11 is 7.16. The molecule has 2 heterocycles. The van der Waals surface area contributed by atoms with Gasteiger partial charge in [0.25, 0.3) is 0 Å². The van der Waals surface area contributed by atoms with Gasteiger partial charge in [0.15, 0.2) is 5.16 Å². The first-order chi connectivity index (χ1) is 13.5. The molecule has 1 saturated heterocycles. The van der Waals surface area contributed by atoms with Gasteiger partial charge in [-0.05, 0) is 27.0 Å². The number of rotatable bonds is 4. The highest BCUT2D eigenvalue weighted by atomic mass is 35.5. The lowest BCUT2D eigenvalue weighted by molar-refractivity contribution is -0.384. The first-order valence-electron chi connectivity index (χ1n) is 8.56. The Hall–Kier alpha value is -2.34. The SMILES string of the molecule is COC(=O)C1CN(C(=O)OC(C)(C)C)CCN1c1nc(SC)nc(Cl)c1[N+](=O)[O-]. The molecule has 0 spiro atoms. The van der Waals surface area contributed by atoms with Crippen molar-refractivity contribution in [2.24, 2.45) is 0 Å². The van der Waals surface area contributed by atoms with E-state index in [1.54, 1.807) is 27.0 Å². The van der Waals surface area contributed by atoms with Gasteiger partial charge in [-0.3, -0.25) is 10.1 Å². The number of ether oxygens (including phenoxy) is 2. The van der Waals surface area contributed by atoms with Crippen molar-refractivity contribution in [3.05, 3.63) is 15.3 Å². The van der Waals surface area contributed by atoms with Crippen LogP contribution in [0.25, 0.3) is 0 Å². The second kappa shape index (κ2) is 8.99. The molecule has 1 aromatic heterocycles. The van der Waals surface area contributed by atoms with E-state index in [1.165, 1.54) is 16.9 Å². The van der Waals surface area contributed by atoms with Gasteiger partial charge >= 0.3 is 17.7 Å². The third kappa shape index (κ3) is 5.38. The maximum absolute atomic E-state index is 12.4. The number of hydrogen-bond acceptors (Lipinski definition) is 10. The number of nitrogens with zero attached hydrogens (tertiary/aromatic N) is 5. The number of aromatic nitrogens is 2. The van der Waals surface area contributed by atoms with Gasteiger partial charge in [0.2, 0.25) is 11.0 Å². The summed E-state index contributed by atoms with van der Waals surface area (Å²) in [6.07, 6.45) is 1.10. The summed E-state index contributed by atoms with van der Waals surface area (Å²) in [5.74, 6) is -0.772. The number of halogens is 1. The van der Waals surface area contributed by atoms with Gasteiger partial charge in [-0.15, -0.1) is 0 Å². The minimum absolute atomic E-state index is 0.0843. The quantitative estimate of drug-likeness (QED) is 0.169. The van der Waals surface area contributed by atoms with Crippen LogP contribution < -0.4 is 4.90 Å². The molecule has 1 aliphatic heterocycles. The Morgan fingerprint density at radius 3 is 2.48 bits per heavy atom. The second-order valence-corrected chi connectivity index (χ2v) is 8.22. The largest absolute Gasteiger partial charge is 0.467 e. The van der Waals surface area contributed by atoms with Crippen LogP contribution in [-0.4, -0.2) is 76.5 Å². The molecule has 0 saturated carbocycles. The lowest BCUT2D eigenvalue weighted by Gasteiger charge is -2.40. The van der Waals surface area contributed by atoms with E-state index in [4.69, 9.17) is 21.1 Å². The molecular formula is C16H22ClN5O6S. The van der Waals surface area contributed by atoms with E-state index in [-0.39, 0.29) is 35.8 Å². The molecule has 1 unspecified atom stereocenters. The molecule has 0 aliphatic carbocycles. The Kier molecular flexibility index (Phi) is 7.11. The summed E-state index contributed by atoms with van der Waals surface area (Å²) in [6, 6.07) is -1.03. The van der Waals surface area contributed by atoms with Crippen molar-refractivity contribution in [1.82, 2.24) is 14.9 Å². The van der Waals surface area contributed by atoms with Crippen molar-refractivity contribution in [2.75, 3.05) is 37.9 Å². The summed E-state index contributed by atoms with van der Waals surface area (Å²) in [7, 11) is 1.20. The van der Waals surface area contributed by atoms with Crippen LogP contribution in [0.3, 0.4) is 0 Å². The van der Waals surface area contributed by atoms with E-state index in [2.05, 4.69) is 9.97 Å². The number of carbonyl (C=O) groups excluding carboxylic acids is 2.